The minimum absolute atomic E-state index is 0.0332. The van der Waals surface area contributed by atoms with E-state index in [4.69, 9.17) is 0 Å². The zero-order chi connectivity index (χ0) is 18.8. The molecule has 27 heavy (non-hydrogen) atoms. The number of nitrogens with zero attached hydrogens (tertiary/aromatic N) is 4. The van der Waals surface area contributed by atoms with E-state index in [0.29, 0.717) is 11.9 Å². The van der Waals surface area contributed by atoms with E-state index in [1.165, 1.54) is 0 Å². The topological polar surface area (TPSA) is 92.9 Å². The van der Waals surface area contributed by atoms with Crippen LogP contribution in [-0.4, -0.2) is 37.4 Å². The molecule has 0 unspecified atom stereocenters. The number of anilines is 1. The van der Waals surface area contributed by atoms with Crippen molar-refractivity contribution >= 4 is 22.8 Å². The summed E-state index contributed by atoms with van der Waals surface area (Å²) < 4.78 is 1.76. The number of aromatic nitrogens is 4. The molecule has 7 nitrogen and oxygen atoms in total. The number of nitrogens with one attached hydrogen (secondary N) is 1. The number of amides is 1. The van der Waals surface area contributed by atoms with E-state index in [9.17, 15) is 9.90 Å². The molecule has 3 aromatic rings. The van der Waals surface area contributed by atoms with Gasteiger partial charge in [-0.1, -0.05) is 12.1 Å². The van der Waals surface area contributed by atoms with Crippen molar-refractivity contribution in [3.63, 3.8) is 0 Å². The molecule has 2 N–H and O–H groups in total. The van der Waals surface area contributed by atoms with E-state index in [-0.39, 0.29) is 18.4 Å². The van der Waals surface area contributed by atoms with Crippen molar-refractivity contribution < 1.29 is 9.90 Å². The Morgan fingerprint density at radius 1 is 1.22 bits per heavy atom. The molecule has 0 saturated heterocycles. The molecule has 1 aromatic carbocycles. The number of fused-ring (bicyclic) bond motifs is 1. The minimum atomic E-state index is -0.0335. The second-order valence-corrected chi connectivity index (χ2v) is 7.26. The molecular formula is C20H23N5O2. The summed E-state index contributed by atoms with van der Waals surface area (Å²) in [7, 11) is 1.88. The number of rotatable bonds is 4. The van der Waals surface area contributed by atoms with E-state index >= 15 is 0 Å². The predicted molar refractivity (Wildman–Crippen MR) is 103 cm³/mol. The molecular weight excluding hydrogens is 342 g/mol. The quantitative estimate of drug-likeness (QED) is 0.742. The first kappa shape index (κ1) is 17.6. The maximum atomic E-state index is 12.5. The van der Waals surface area contributed by atoms with E-state index in [2.05, 4.69) is 20.4 Å². The van der Waals surface area contributed by atoms with Crippen LogP contribution in [0.2, 0.25) is 0 Å². The Balaban J connectivity index is 1.51. The highest BCUT2D eigenvalue weighted by Gasteiger charge is 2.26. The van der Waals surface area contributed by atoms with Gasteiger partial charge in [-0.25, -0.2) is 9.97 Å². The van der Waals surface area contributed by atoms with E-state index in [1.54, 1.807) is 10.9 Å². The second-order valence-electron chi connectivity index (χ2n) is 7.26. The Kier molecular flexibility index (Phi) is 4.85. The van der Waals surface area contributed by atoms with Crippen molar-refractivity contribution in [3.8, 4) is 11.1 Å². The standard InChI is InChI=1S/C20H23N5O2/c1-25-11-17(10-22-25)15-6-7-16-9-21-20(23-18(16)8-15)24-19(27)14-4-2-13(12-26)3-5-14/h6-11,13-14,26H,2-5,12H2,1H3,(H,21,23,24,27). The average molecular weight is 365 g/mol. The van der Waals surface area contributed by atoms with Gasteiger partial charge in [-0.3, -0.25) is 14.8 Å². The van der Waals surface area contributed by atoms with E-state index in [0.717, 1.165) is 47.7 Å². The molecule has 0 atom stereocenters. The van der Waals surface area contributed by atoms with Gasteiger partial charge in [0.15, 0.2) is 0 Å². The zero-order valence-corrected chi connectivity index (χ0v) is 15.3. The van der Waals surface area contributed by atoms with Crippen LogP contribution < -0.4 is 5.32 Å². The Hall–Kier alpha value is -2.80. The molecule has 0 aliphatic heterocycles. The van der Waals surface area contributed by atoms with Crippen LogP contribution in [0.25, 0.3) is 22.0 Å². The number of aryl methyl sites for hydroxylation is 1. The number of carbonyl (C=O) groups is 1. The van der Waals surface area contributed by atoms with Gasteiger partial charge in [-0.05, 0) is 43.2 Å². The molecule has 0 radical (unpaired) electrons. The summed E-state index contributed by atoms with van der Waals surface area (Å²) >= 11 is 0. The first-order valence-electron chi connectivity index (χ1n) is 9.30. The number of hydrogen-bond acceptors (Lipinski definition) is 5. The highest BCUT2D eigenvalue weighted by molar-refractivity contribution is 5.92. The van der Waals surface area contributed by atoms with E-state index in [1.807, 2.05) is 37.6 Å². The van der Waals surface area contributed by atoms with Crippen LogP contribution in [0.1, 0.15) is 25.7 Å². The Morgan fingerprint density at radius 2 is 2.04 bits per heavy atom. The summed E-state index contributed by atoms with van der Waals surface area (Å²) in [5.74, 6) is 0.597. The van der Waals surface area contributed by atoms with Crippen molar-refractivity contribution in [2.75, 3.05) is 11.9 Å². The fourth-order valence-corrected chi connectivity index (χ4v) is 3.65. The van der Waals surface area contributed by atoms with Gasteiger partial charge in [0.25, 0.3) is 0 Å². The smallest absolute Gasteiger partial charge is 0.229 e. The molecule has 0 bridgehead atoms. The van der Waals surface area contributed by atoms with Crippen molar-refractivity contribution in [1.82, 2.24) is 19.7 Å². The fraction of sp³-hybridized carbons (Fsp3) is 0.400. The van der Waals surface area contributed by atoms with Crippen LogP contribution >= 0.6 is 0 Å². The fourth-order valence-electron chi connectivity index (χ4n) is 3.65. The minimum Gasteiger partial charge on any atom is -0.396 e. The summed E-state index contributed by atoms with van der Waals surface area (Å²) in [6.45, 7) is 0.210. The molecule has 1 aliphatic rings. The summed E-state index contributed by atoms with van der Waals surface area (Å²) in [6, 6.07) is 5.97. The summed E-state index contributed by atoms with van der Waals surface area (Å²) in [5.41, 5.74) is 2.82. The largest absolute Gasteiger partial charge is 0.396 e. The highest BCUT2D eigenvalue weighted by Crippen LogP contribution is 2.29. The van der Waals surface area contributed by atoms with Crippen LogP contribution in [0.3, 0.4) is 0 Å². The molecule has 0 spiro atoms. The van der Waals surface area contributed by atoms with Crippen molar-refractivity contribution in [3.05, 3.63) is 36.8 Å². The predicted octanol–water partition coefficient (Wildman–Crippen LogP) is 2.77. The van der Waals surface area contributed by atoms with Gasteiger partial charge in [0, 0.05) is 42.9 Å². The summed E-state index contributed by atoms with van der Waals surface area (Å²) in [6.07, 6.45) is 8.88. The molecule has 1 aliphatic carbocycles. The van der Waals surface area contributed by atoms with Gasteiger partial charge in [-0.15, -0.1) is 0 Å². The van der Waals surface area contributed by atoms with Crippen LogP contribution in [-0.2, 0) is 11.8 Å². The van der Waals surface area contributed by atoms with Crippen molar-refractivity contribution in [1.29, 1.82) is 0 Å². The normalized spacial score (nSPS) is 19.9. The molecule has 2 aromatic heterocycles. The third-order valence-corrected chi connectivity index (χ3v) is 5.33. The third kappa shape index (κ3) is 3.83. The van der Waals surface area contributed by atoms with Gasteiger partial charge >= 0.3 is 0 Å². The first-order chi connectivity index (χ1) is 13.1. The van der Waals surface area contributed by atoms with E-state index < -0.39 is 0 Å². The molecule has 4 rings (SSSR count). The number of aliphatic hydroxyl groups is 1. The maximum absolute atomic E-state index is 12.5. The van der Waals surface area contributed by atoms with Gasteiger partial charge < -0.3 is 5.11 Å². The molecule has 1 amide bonds. The lowest BCUT2D eigenvalue weighted by Crippen LogP contribution is -2.28. The Morgan fingerprint density at radius 3 is 2.74 bits per heavy atom. The average Bonchev–Trinajstić information content (AvgIpc) is 3.14. The molecule has 140 valence electrons. The van der Waals surface area contributed by atoms with Crippen LogP contribution in [0, 0.1) is 11.8 Å². The van der Waals surface area contributed by atoms with Crippen molar-refractivity contribution in [2.45, 2.75) is 25.7 Å². The zero-order valence-electron chi connectivity index (χ0n) is 15.3. The van der Waals surface area contributed by atoms with Gasteiger partial charge in [0.2, 0.25) is 11.9 Å². The second kappa shape index (κ2) is 7.44. The van der Waals surface area contributed by atoms with Crippen molar-refractivity contribution in [2.24, 2.45) is 18.9 Å². The molecule has 7 heteroatoms. The lowest BCUT2D eigenvalue weighted by Gasteiger charge is -2.26. The van der Waals surface area contributed by atoms with Crippen LogP contribution in [0.15, 0.2) is 36.8 Å². The number of hydrogen-bond donors (Lipinski definition) is 2. The summed E-state index contributed by atoms with van der Waals surface area (Å²) in [5, 5.41) is 17.2. The Bertz CT molecular complexity index is 960. The van der Waals surface area contributed by atoms with Gasteiger partial charge in [0.1, 0.15) is 0 Å². The monoisotopic (exact) mass is 365 g/mol. The lowest BCUT2D eigenvalue weighted by atomic mass is 9.82. The highest BCUT2D eigenvalue weighted by atomic mass is 16.3. The number of benzene rings is 1. The third-order valence-electron chi connectivity index (χ3n) is 5.33. The number of aliphatic hydroxyl groups excluding tert-OH is 1. The van der Waals surface area contributed by atoms with Gasteiger partial charge in [-0.2, -0.15) is 5.10 Å². The lowest BCUT2D eigenvalue weighted by molar-refractivity contribution is -0.121. The Labute approximate surface area is 157 Å². The first-order valence-corrected chi connectivity index (χ1v) is 9.30. The number of carbonyl (C=O) groups excluding carboxylic acids is 1. The van der Waals surface area contributed by atoms with Crippen LogP contribution in [0.5, 0.6) is 0 Å². The molecule has 1 saturated carbocycles. The molecule has 2 heterocycles. The summed E-state index contributed by atoms with van der Waals surface area (Å²) in [4.78, 5) is 21.3. The molecule has 1 fully saturated rings. The maximum Gasteiger partial charge on any atom is 0.229 e. The SMILES string of the molecule is Cn1cc(-c2ccc3cnc(NC(=O)C4CCC(CO)CC4)nc3c2)cn1. The van der Waals surface area contributed by atoms with Gasteiger partial charge in [0.05, 0.1) is 11.7 Å². The van der Waals surface area contributed by atoms with Crippen LogP contribution in [0.4, 0.5) is 5.95 Å².